The molecule has 0 saturated heterocycles. The highest BCUT2D eigenvalue weighted by Crippen LogP contribution is 2.26. The zero-order valence-electron chi connectivity index (χ0n) is 18.5. The summed E-state index contributed by atoms with van der Waals surface area (Å²) in [4.78, 5) is 11.0. The summed E-state index contributed by atoms with van der Waals surface area (Å²) in [5, 5.41) is 21.8. The van der Waals surface area contributed by atoms with E-state index in [-0.39, 0.29) is 6.42 Å². The fraction of sp³-hybridized carbons (Fsp3) is 0.560. The summed E-state index contributed by atoms with van der Waals surface area (Å²) in [7, 11) is 0. The van der Waals surface area contributed by atoms with Crippen molar-refractivity contribution in [1.82, 2.24) is 0 Å². The van der Waals surface area contributed by atoms with E-state index in [4.69, 9.17) is 15.6 Å². The SMILES string of the molecule is CCCOCc1cc(C[C@H](CC)C[C@H](N)[C@@H](O)CC(C)C(=O)O)cc2ccccc12. The first-order valence-corrected chi connectivity index (χ1v) is 11.1. The third-order valence-electron chi connectivity index (χ3n) is 5.83. The van der Waals surface area contributed by atoms with Crippen LogP contribution in [0.4, 0.5) is 0 Å². The lowest BCUT2D eigenvalue weighted by Gasteiger charge is -2.25. The third-order valence-corrected chi connectivity index (χ3v) is 5.83. The van der Waals surface area contributed by atoms with Crippen molar-refractivity contribution in [3.05, 3.63) is 47.5 Å². The van der Waals surface area contributed by atoms with Crippen LogP contribution >= 0.6 is 0 Å². The maximum absolute atomic E-state index is 11.0. The molecule has 0 bridgehead atoms. The molecule has 0 amide bonds. The van der Waals surface area contributed by atoms with Gasteiger partial charge in [0.1, 0.15) is 0 Å². The second-order valence-corrected chi connectivity index (χ2v) is 8.45. The van der Waals surface area contributed by atoms with Crippen LogP contribution in [-0.4, -0.2) is 34.9 Å². The van der Waals surface area contributed by atoms with E-state index in [0.717, 1.165) is 25.9 Å². The molecular formula is C25H37NO4. The number of carboxylic acids is 1. The van der Waals surface area contributed by atoms with E-state index in [1.165, 1.54) is 21.9 Å². The summed E-state index contributed by atoms with van der Waals surface area (Å²) in [5.74, 6) is -1.18. The number of rotatable bonds is 13. The molecule has 4 N–H and O–H groups in total. The molecule has 0 aliphatic heterocycles. The predicted octanol–water partition coefficient (Wildman–Crippen LogP) is 4.52. The Kier molecular flexibility index (Phi) is 9.76. The van der Waals surface area contributed by atoms with Crippen LogP contribution in [0.25, 0.3) is 10.8 Å². The highest BCUT2D eigenvalue weighted by Gasteiger charge is 2.24. The highest BCUT2D eigenvalue weighted by atomic mass is 16.5. The molecule has 1 unspecified atom stereocenters. The van der Waals surface area contributed by atoms with Gasteiger partial charge in [0.2, 0.25) is 0 Å². The number of aliphatic hydroxyl groups is 1. The zero-order valence-corrected chi connectivity index (χ0v) is 18.5. The van der Waals surface area contributed by atoms with E-state index < -0.39 is 24.0 Å². The van der Waals surface area contributed by atoms with Gasteiger partial charge >= 0.3 is 5.97 Å². The highest BCUT2D eigenvalue weighted by molar-refractivity contribution is 5.86. The van der Waals surface area contributed by atoms with Crippen LogP contribution in [0.1, 0.15) is 57.6 Å². The standard InChI is InChI=1S/C25H37NO4/c1-4-10-30-16-21-14-19(13-20-8-6-7-9-22(20)21)12-18(5-2)15-23(26)24(27)11-17(3)25(28)29/h6-9,13-14,17-18,23-24,27H,4-5,10-12,15-16,26H2,1-3H3,(H,28,29)/t17?,18-,23-,24-/m0/s1. The number of aliphatic carboxylic acids is 1. The number of benzene rings is 2. The van der Waals surface area contributed by atoms with Gasteiger partial charge in [0, 0.05) is 12.6 Å². The molecule has 5 heteroatoms. The molecule has 0 aliphatic carbocycles. The molecule has 0 fully saturated rings. The second kappa shape index (κ2) is 12.0. The van der Waals surface area contributed by atoms with Crippen molar-refractivity contribution in [2.24, 2.45) is 17.6 Å². The first-order chi connectivity index (χ1) is 14.3. The lowest BCUT2D eigenvalue weighted by Crippen LogP contribution is -2.38. The number of nitrogens with two attached hydrogens (primary N) is 1. The molecular weight excluding hydrogens is 378 g/mol. The Hall–Kier alpha value is -1.95. The van der Waals surface area contributed by atoms with Crippen molar-refractivity contribution in [3.8, 4) is 0 Å². The van der Waals surface area contributed by atoms with E-state index in [0.29, 0.717) is 18.9 Å². The second-order valence-electron chi connectivity index (χ2n) is 8.45. The summed E-state index contributed by atoms with van der Waals surface area (Å²) in [6.45, 7) is 7.19. The van der Waals surface area contributed by atoms with E-state index in [1.54, 1.807) is 6.92 Å². The van der Waals surface area contributed by atoms with Gasteiger partial charge in [-0.3, -0.25) is 4.79 Å². The lowest BCUT2D eigenvalue weighted by molar-refractivity contribution is -0.142. The Balaban J connectivity index is 2.11. The van der Waals surface area contributed by atoms with Gasteiger partial charge in [-0.05, 0) is 53.5 Å². The molecule has 0 aliphatic rings. The van der Waals surface area contributed by atoms with Gasteiger partial charge in [-0.1, -0.05) is 63.6 Å². The molecule has 30 heavy (non-hydrogen) atoms. The average Bonchev–Trinajstić information content (AvgIpc) is 2.73. The van der Waals surface area contributed by atoms with Crippen molar-refractivity contribution in [2.45, 2.75) is 71.6 Å². The maximum atomic E-state index is 11.0. The van der Waals surface area contributed by atoms with Crippen LogP contribution in [-0.2, 0) is 22.6 Å². The number of hydrogen-bond donors (Lipinski definition) is 3. The fourth-order valence-electron chi connectivity index (χ4n) is 3.93. The topological polar surface area (TPSA) is 92.8 Å². The molecule has 166 valence electrons. The number of ether oxygens (including phenoxy) is 1. The largest absolute Gasteiger partial charge is 0.481 e. The van der Waals surface area contributed by atoms with Crippen LogP contribution < -0.4 is 5.73 Å². The van der Waals surface area contributed by atoms with Gasteiger partial charge < -0.3 is 20.7 Å². The van der Waals surface area contributed by atoms with E-state index in [2.05, 4.69) is 50.2 Å². The molecule has 0 heterocycles. The molecule has 4 atom stereocenters. The van der Waals surface area contributed by atoms with Crippen LogP contribution in [0, 0.1) is 11.8 Å². The van der Waals surface area contributed by atoms with Gasteiger partial charge in [0.15, 0.2) is 0 Å². The first-order valence-electron chi connectivity index (χ1n) is 11.1. The minimum atomic E-state index is -0.901. The Morgan fingerprint density at radius 2 is 1.90 bits per heavy atom. The normalized spacial score (nSPS) is 15.6. The van der Waals surface area contributed by atoms with E-state index in [1.807, 2.05) is 0 Å². The molecule has 0 spiro atoms. The van der Waals surface area contributed by atoms with Crippen molar-refractivity contribution < 1.29 is 19.7 Å². The van der Waals surface area contributed by atoms with Crippen LogP contribution in [0.3, 0.4) is 0 Å². The van der Waals surface area contributed by atoms with E-state index >= 15 is 0 Å². The van der Waals surface area contributed by atoms with Crippen molar-refractivity contribution in [1.29, 1.82) is 0 Å². The monoisotopic (exact) mass is 415 g/mol. The minimum absolute atomic E-state index is 0.182. The quantitative estimate of drug-likeness (QED) is 0.418. The Bertz CT molecular complexity index is 807. The summed E-state index contributed by atoms with van der Waals surface area (Å²) in [6, 6.07) is 12.4. The summed E-state index contributed by atoms with van der Waals surface area (Å²) >= 11 is 0. The van der Waals surface area contributed by atoms with Gasteiger partial charge in [0.25, 0.3) is 0 Å². The molecule has 2 aromatic rings. The zero-order chi connectivity index (χ0) is 22.1. The number of fused-ring (bicyclic) bond motifs is 1. The Morgan fingerprint density at radius 3 is 2.57 bits per heavy atom. The smallest absolute Gasteiger partial charge is 0.306 e. The predicted molar refractivity (Wildman–Crippen MR) is 121 cm³/mol. The van der Waals surface area contributed by atoms with Crippen molar-refractivity contribution in [2.75, 3.05) is 6.61 Å². The van der Waals surface area contributed by atoms with Gasteiger partial charge in [-0.15, -0.1) is 0 Å². The third kappa shape index (κ3) is 7.08. The molecule has 0 radical (unpaired) electrons. The van der Waals surface area contributed by atoms with Crippen LogP contribution in [0.2, 0.25) is 0 Å². The Morgan fingerprint density at radius 1 is 1.17 bits per heavy atom. The molecule has 0 aromatic heterocycles. The van der Waals surface area contributed by atoms with Gasteiger partial charge in [0.05, 0.1) is 18.6 Å². The van der Waals surface area contributed by atoms with Gasteiger partial charge in [-0.2, -0.15) is 0 Å². The summed E-state index contributed by atoms with van der Waals surface area (Å²) < 4.78 is 5.81. The molecule has 2 aromatic carbocycles. The number of carboxylic acid groups (broad SMARTS) is 1. The van der Waals surface area contributed by atoms with Crippen molar-refractivity contribution >= 4 is 16.7 Å². The molecule has 0 saturated carbocycles. The van der Waals surface area contributed by atoms with Gasteiger partial charge in [-0.25, -0.2) is 0 Å². The fourth-order valence-corrected chi connectivity index (χ4v) is 3.93. The average molecular weight is 416 g/mol. The molecule has 5 nitrogen and oxygen atoms in total. The Labute approximate surface area is 180 Å². The lowest BCUT2D eigenvalue weighted by atomic mass is 9.86. The van der Waals surface area contributed by atoms with Crippen LogP contribution in [0.5, 0.6) is 0 Å². The first kappa shape index (κ1) is 24.3. The summed E-state index contributed by atoms with van der Waals surface area (Å²) in [5.41, 5.74) is 8.68. The number of aliphatic hydroxyl groups excluding tert-OH is 1. The maximum Gasteiger partial charge on any atom is 0.306 e. The van der Waals surface area contributed by atoms with E-state index in [9.17, 15) is 9.90 Å². The number of carbonyl (C=O) groups is 1. The minimum Gasteiger partial charge on any atom is -0.481 e. The van der Waals surface area contributed by atoms with Crippen molar-refractivity contribution in [3.63, 3.8) is 0 Å². The molecule has 2 rings (SSSR count). The number of hydrogen-bond acceptors (Lipinski definition) is 4. The van der Waals surface area contributed by atoms with Crippen LogP contribution in [0.15, 0.2) is 36.4 Å². The summed E-state index contributed by atoms with van der Waals surface area (Å²) in [6.07, 6.45) is 2.86.